The van der Waals surface area contributed by atoms with Gasteiger partial charge in [0.15, 0.2) is 11.5 Å². The van der Waals surface area contributed by atoms with Gasteiger partial charge < -0.3 is 15.4 Å². The molecular weight excluding hydrogens is 296 g/mol. The molecule has 4 nitrogen and oxygen atoms in total. The van der Waals surface area contributed by atoms with Crippen molar-refractivity contribution in [1.29, 1.82) is 0 Å². The minimum absolute atomic E-state index is 0.111. The van der Waals surface area contributed by atoms with Crippen LogP contribution in [0.4, 0.5) is 5.69 Å². The fourth-order valence-electron chi connectivity index (χ4n) is 2.39. The van der Waals surface area contributed by atoms with Crippen LogP contribution in [0.15, 0.2) is 41.5 Å². The van der Waals surface area contributed by atoms with Crippen LogP contribution < -0.4 is 15.4 Å². The van der Waals surface area contributed by atoms with Gasteiger partial charge in [-0.05, 0) is 49.0 Å². The number of nitrogens with zero attached hydrogens (tertiary/aromatic N) is 1. The minimum atomic E-state index is -0.111. The maximum atomic E-state index is 12.7. The van der Waals surface area contributed by atoms with Gasteiger partial charge in [-0.15, -0.1) is 11.3 Å². The molecule has 0 atom stereocenters. The van der Waals surface area contributed by atoms with Gasteiger partial charge in [-0.25, -0.2) is 0 Å². The predicted molar refractivity (Wildman–Crippen MR) is 90.1 cm³/mol. The summed E-state index contributed by atoms with van der Waals surface area (Å²) in [7, 11) is 0. The maximum Gasteiger partial charge on any atom is 0.294 e. The van der Waals surface area contributed by atoms with Crippen LogP contribution >= 0.6 is 11.3 Å². The maximum absolute atomic E-state index is 12.7. The van der Waals surface area contributed by atoms with Crippen LogP contribution in [0.1, 0.15) is 16.9 Å². The molecule has 0 unspecified atom stereocenters. The zero-order chi connectivity index (χ0) is 15.5. The van der Waals surface area contributed by atoms with Gasteiger partial charge in [0.05, 0.1) is 5.69 Å². The van der Waals surface area contributed by atoms with Gasteiger partial charge in [0.1, 0.15) is 0 Å². The average molecular weight is 314 g/mol. The van der Waals surface area contributed by atoms with Crippen molar-refractivity contribution in [2.24, 2.45) is 5.73 Å². The van der Waals surface area contributed by atoms with Crippen molar-refractivity contribution in [2.75, 3.05) is 18.0 Å². The first-order valence-electron chi connectivity index (χ1n) is 7.24. The molecular formula is C17H18N2O2S. The zero-order valence-electron chi connectivity index (χ0n) is 12.4. The first kappa shape index (κ1) is 14.8. The SMILES string of the molecule is Cc1ccc2c(c1)N(CCCN)C(=O)/C(=C\c1cccs1)O2. The van der Waals surface area contributed by atoms with Gasteiger partial charge >= 0.3 is 0 Å². The van der Waals surface area contributed by atoms with Crippen LogP contribution in [0.25, 0.3) is 6.08 Å². The molecule has 1 aromatic heterocycles. The van der Waals surface area contributed by atoms with E-state index in [2.05, 4.69) is 0 Å². The van der Waals surface area contributed by atoms with Crippen molar-refractivity contribution >= 4 is 29.0 Å². The molecule has 5 heteroatoms. The van der Waals surface area contributed by atoms with E-state index in [4.69, 9.17) is 10.5 Å². The normalized spacial score (nSPS) is 15.8. The Labute approximate surface area is 133 Å². The van der Waals surface area contributed by atoms with E-state index in [0.29, 0.717) is 24.6 Å². The number of ether oxygens (including phenoxy) is 1. The van der Waals surface area contributed by atoms with E-state index in [1.807, 2.05) is 42.6 Å². The molecule has 2 N–H and O–H groups in total. The lowest BCUT2D eigenvalue weighted by Gasteiger charge is -2.30. The highest BCUT2D eigenvalue weighted by Crippen LogP contribution is 2.36. The number of rotatable bonds is 4. The third-order valence-corrected chi connectivity index (χ3v) is 4.30. The molecule has 1 amide bonds. The Morgan fingerprint density at radius 2 is 2.23 bits per heavy atom. The van der Waals surface area contributed by atoms with Crippen molar-refractivity contribution in [2.45, 2.75) is 13.3 Å². The van der Waals surface area contributed by atoms with Crippen LogP contribution in [0.3, 0.4) is 0 Å². The summed E-state index contributed by atoms with van der Waals surface area (Å²) in [5.41, 5.74) is 7.52. The third kappa shape index (κ3) is 2.91. The zero-order valence-corrected chi connectivity index (χ0v) is 13.2. The molecule has 0 bridgehead atoms. The molecule has 3 rings (SSSR count). The van der Waals surface area contributed by atoms with E-state index >= 15 is 0 Å². The first-order valence-corrected chi connectivity index (χ1v) is 8.12. The van der Waals surface area contributed by atoms with E-state index in [9.17, 15) is 4.79 Å². The van der Waals surface area contributed by atoms with E-state index < -0.39 is 0 Å². The van der Waals surface area contributed by atoms with Crippen LogP contribution in [-0.2, 0) is 4.79 Å². The number of hydrogen-bond donors (Lipinski definition) is 1. The summed E-state index contributed by atoms with van der Waals surface area (Å²) in [6, 6.07) is 9.79. The number of fused-ring (bicyclic) bond motifs is 1. The molecule has 0 radical (unpaired) electrons. The second kappa shape index (κ2) is 6.34. The Morgan fingerprint density at radius 1 is 1.36 bits per heavy atom. The lowest BCUT2D eigenvalue weighted by atomic mass is 10.1. The number of thiophene rings is 1. The Balaban J connectivity index is 2.00. The highest BCUT2D eigenvalue weighted by molar-refractivity contribution is 7.10. The van der Waals surface area contributed by atoms with E-state index in [1.54, 1.807) is 22.3 Å². The fraction of sp³-hybridized carbons (Fsp3) is 0.235. The van der Waals surface area contributed by atoms with E-state index in [-0.39, 0.29) is 5.91 Å². The topological polar surface area (TPSA) is 55.6 Å². The summed E-state index contributed by atoms with van der Waals surface area (Å²) >= 11 is 1.57. The van der Waals surface area contributed by atoms with Gasteiger partial charge in [-0.1, -0.05) is 12.1 Å². The van der Waals surface area contributed by atoms with Crippen molar-refractivity contribution in [3.63, 3.8) is 0 Å². The molecule has 114 valence electrons. The Kier molecular flexibility index (Phi) is 4.27. The van der Waals surface area contributed by atoms with Crippen LogP contribution in [0, 0.1) is 6.92 Å². The molecule has 1 aliphatic heterocycles. The van der Waals surface area contributed by atoms with Crippen LogP contribution in [-0.4, -0.2) is 19.0 Å². The van der Waals surface area contributed by atoms with Crippen molar-refractivity contribution < 1.29 is 9.53 Å². The molecule has 0 saturated carbocycles. The first-order chi connectivity index (χ1) is 10.7. The van der Waals surface area contributed by atoms with Gasteiger partial charge in [0.2, 0.25) is 0 Å². The third-order valence-electron chi connectivity index (χ3n) is 3.48. The van der Waals surface area contributed by atoms with Gasteiger partial charge in [0, 0.05) is 17.5 Å². The number of nitrogens with two attached hydrogens (primary N) is 1. The second-order valence-corrected chi connectivity index (χ2v) is 6.18. The Bertz CT molecular complexity index is 707. The average Bonchev–Trinajstić information content (AvgIpc) is 3.01. The predicted octanol–water partition coefficient (Wildman–Crippen LogP) is 3.17. The summed E-state index contributed by atoms with van der Waals surface area (Å²) < 4.78 is 5.83. The smallest absolute Gasteiger partial charge is 0.294 e. The molecule has 22 heavy (non-hydrogen) atoms. The standard InChI is InChI=1S/C17H18N2O2S/c1-12-5-6-15-14(10-12)19(8-3-7-18)17(20)16(21-15)11-13-4-2-9-22-13/h2,4-6,9-11H,3,7-8,18H2,1H3/b16-11+. The number of carbonyl (C=O) groups excluding carboxylic acids is 1. The van der Waals surface area contributed by atoms with Crippen LogP contribution in [0.5, 0.6) is 5.75 Å². The number of hydrogen-bond acceptors (Lipinski definition) is 4. The fourth-order valence-corrected chi connectivity index (χ4v) is 3.04. The molecule has 0 saturated heterocycles. The molecule has 0 aliphatic carbocycles. The van der Waals surface area contributed by atoms with Crippen molar-refractivity contribution in [1.82, 2.24) is 0 Å². The summed E-state index contributed by atoms with van der Waals surface area (Å²) in [5.74, 6) is 0.959. The monoisotopic (exact) mass is 314 g/mol. The highest BCUT2D eigenvalue weighted by Gasteiger charge is 2.30. The number of benzene rings is 1. The molecule has 2 heterocycles. The molecule has 0 spiro atoms. The lowest BCUT2D eigenvalue weighted by Crippen LogP contribution is -2.38. The number of anilines is 1. The van der Waals surface area contributed by atoms with Gasteiger partial charge in [-0.3, -0.25) is 4.79 Å². The molecule has 2 aromatic rings. The lowest BCUT2D eigenvalue weighted by molar-refractivity contribution is -0.117. The van der Waals surface area contributed by atoms with Gasteiger partial charge in [0.25, 0.3) is 5.91 Å². The van der Waals surface area contributed by atoms with E-state index in [1.165, 1.54) is 0 Å². The Hall–Kier alpha value is -2.11. The molecule has 1 aliphatic rings. The second-order valence-electron chi connectivity index (χ2n) is 5.20. The van der Waals surface area contributed by atoms with Gasteiger partial charge in [-0.2, -0.15) is 0 Å². The quantitative estimate of drug-likeness (QED) is 0.882. The molecule has 1 aromatic carbocycles. The summed E-state index contributed by atoms with van der Waals surface area (Å²) in [6.07, 6.45) is 2.55. The number of carbonyl (C=O) groups is 1. The highest BCUT2D eigenvalue weighted by atomic mass is 32.1. The molecule has 0 fully saturated rings. The largest absolute Gasteiger partial charge is 0.449 e. The summed E-state index contributed by atoms with van der Waals surface area (Å²) in [4.78, 5) is 15.5. The number of aryl methyl sites for hydroxylation is 1. The summed E-state index contributed by atoms with van der Waals surface area (Å²) in [5, 5.41) is 1.98. The van der Waals surface area contributed by atoms with Crippen molar-refractivity contribution in [3.05, 3.63) is 51.9 Å². The number of amides is 1. The van der Waals surface area contributed by atoms with E-state index in [0.717, 1.165) is 22.5 Å². The van der Waals surface area contributed by atoms with Crippen molar-refractivity contribution in [3.8, 4) is 5.75 Å². The van der Waals surface area contributed by atoms with Crippen LogP contribution in [0.2, 0.25) is 0 Å². The minimum Gasteiger partial charge on any atom is -0.449 e. The Morgan fingerprint density at radius 3 is 2.95 bits per heavy atom. The summed E-state index contributed by atoms with van der Waals surface area (Å²) in [6.45, 7) is 3.15.